The second kappa shape index (κ2) is 8.73. The summed E-state index contributed by atoms with van der Waals surface area (Å²) in [6, 6.07) is 1.72. The standard InChI is InChI=1S/C17H29N5O3/c1-17(2,3)25-16(24)20-14-7-4-10-21(13-14)15(23)18-8-5-11-22-12-6-9-19-22/h6,9,12,14H,4-5,7-8,10-11,13H2,1-3H3,(H,18,23)(H,20,24). The number of amides is 3. The number of nitrogens with one attached hydrogen (secondary N) is 2. The molecule has 3 amide bonds. The van der Waals surface area contributed by atoms with Gasteiger partial charge in [0.2, 0.25) is 0 Å². The van der Waals surface area contributed by atoms with Gasteiger partial charge in [-0.05, 0) is 46.1 Å². The monoisotopic (exact) mass is 351 g/mol. The third-order valence-corrected chi connectivity index (χ3v) is 3.83. The van der Waals surface area contributed by atoms with Crippen molar-refractivity contribution in [2.24, 2.45) is 0 Å². The van der Waals surface area contributed by atoms with E-state index < -0.39 is 11.7 Å². The molecule has 1 aliphatic heterocycles. The van der Waals surface area contributed by atoms with Gasteiger partial charge in [0.05, 0.1) is 0 Å². The number of carbonyl (C=O) groups excluding carboxylic acids is 2. The third-order valence-electron chi connectivity index (χ3n) is 3.83. The number of aromatic nitrogens is 2. The van der Waals surface area contributed by atoms with Gasteiger partial charge < -0.3 is 20.3 Å². The SMILES string of the molecule is CC(C)(C)OC(=O)NC1CCCN(C(=O)NCCCn2cccn2)C1. The van der Waals surface area contributed by atoms with Gasteiger partial charge in [-0.25, -0.2) is 9.59 Å². The molecule has 8 heteroatoms. The Morgan fingerprint density at radius 3 is 2.84 bits per heavy atom. The maximum absolute atomic E-state index is 12.3. The first-order chi connectivity index (χ1) is 11.8. The van der Waals surface area contributed by atoms with Gasteiger partial charge in [-0.2, -0.15) is 5.10 Å². The molecule has 140 valence electrons. The van der Waals surface area contributed by atoms with Crippen molar-refractivity contribution >= 4 is 12.1 Å². The van der Waals surface area contributed by atoms with Gasteiger partial charge in [0, 0.05) is 44.6 Å². The summed E-state index contributed by atoms with van der Waals surface area (Å²) < 4.78 is 7.11. The van der Waals surface area contributed by atoms with Gasteiger partial charge in [-0.3, -0.25) is 4.68 Å². The number of hydrogen-bond acceptors (Lipinski definition) is 4. The number of hydrogen-bond donors (Lipinski definition) is 2. The molecule has 1 aromatic rings. The molecule has 1 aliphatic rings. The number of carbonyl (C=O) groups is 2. The quantitative estimate of drug-likeness (QED) is 0.794. The molecule has 1 unspecified atom stereocenters. The van der Waals surface area contributed by atoms with E-state index in [1.165, 1.54) is 0 Å². The molecule has 0 radical (unpaired) electrons. The zero-order valence-electron chi connectivity index (χ0n) is 15.3. The van der Waals surface area contributed by atoms with Crippen LogP contribution in [-0.4, -0.2) is 58.1 Å². The summed E-state index contributed by atoms with van der Waals surface area (Å²) in [5.41, 5.74) is -0.523. The lowest BCUT2D eigenvalue weighted by molar-refractivity contribution is 0.0479. The lowest BCUT2D eigenvalue weighted by atomic mass is 10.1. The molecule has 1 fully saturated rings. The highest BCUT2D eigenvalue weighted by Gasteiger charge is 2.26. The molecule has 1 atom stereocenters. The van der Waals surface area contributed by atoms with Crippen molar-refractivity contribution in [3.8, 4) is 0 Å². The van der Waals surface area contributed by atoms with Crippen LogP contribution in [0, 0.1) is 0 Å². The number of nitrogens with zero attached hydrogens (tertiary/aromatic N) is 3. The summed E-state index contributed by atoms with van der Waals surface area (Å²) in [7, 11) is 0. The highest BCUT2D eigenvalue weighted by molar-refractivity contribution is 5.74. The maximum atomic E-state index is 12.3. The van der Waals surface area contributed by atoms with Gasteiger partial charge in [-0.15, -0.1) is 0 Å². The largest absolute Gasteiger partial charge is 0.444 e. The fourth-order valence-corrected chi connectivity index (χ4v) is 2.73. The Morgan fingerprint density at radius 2 is 2.16 bits per heavy atom. The number of urea groups is 1. The van der Waals surface area contributed by atoms with E-state index >= 15 is 0 Å². The molecule has 0 bridgehead atoms. The second-order valence-corrected chi connectivity index (χ2v) is 7.29. The Hall–Kier alpha value is -2.25. The first-order valence-electron chi connectivity index (χ1n) is 8.83. The van der Waals surface area contributed by atoms with E-state index in [0.29, 0.717) is 19.6 Å². The van der Waals surface area contributed by atoms with E-state index in [-0.39, 0.29) is 12.1 Å². The van der Waals surface area contributed by atoms with Crippen LogP contribution in [-0.2, 0) is 11.3 Å². The summed E-state index contributed by atoms with van der Waals surface area (Å²) in [6.45, 7) is 8.07. The lowest BCUT2D eigenvalue weighted by Crippen LogP contribution is -2.53. The molecular weight excluding hydrogens is 322 g/mol. The van der Waals surface area contributed by atoms with Crippen LogP contribution in [0.4, 0.5) is 9.59 Å². The maximum Gasteiger partial charge on any atom is 0.407 e. The Bertz CT molecular complexity index is 553. The average Bonchev–Trinajstić information content (AvgIpc) is 3.03. The number of alkyl carbamates (subject to hydrolysis) is 1. The van der Waals surface area contributed by atoms with Gasteiger partial charge in [0.25, 0.3) is 0 Å². The molecule has 2 N–H and O–H groups in total. The van der Waals surface area contributed by atoms with Gasteiger partial charge >= 0.3 is 12.1 Å². The average molecular weight is 351 g/mol. The minimum atomic E-state index is -0.523. The van der Waals surface area contributed by atoms with Crippen molar-refractivity contribution in [3.05, 3.63) is 18.5 Å². The molecule has 2 heterocycles. The summed E-state index contributed by atoms with van der Waals surface area (Å²) in [5, 5.41) is 9.91. The summed E-state index contributed by atoms with van der Waals surface area (Å²) in [5.74, 6) is 0. The van der Waals surface area contributed by atoms with Crippen molar-refractivity contribution in [3.63, 3.8) is 0 Å². The predicted molar refractivity (Wildman–Crippen MR) is 94.2 cm³/mol. The van der Waals surface area contributed by atoms with E-state index in [2.05, 4.69) is 15.7 Å². The normalized spacial score (nSPS) is 17.9. The van der Waals surface area contributed by atoms with Gasteiger partial charge in [-0.1, -0.05) is 0 Å². The van der Waals surface area contributed by atoms with Crippen LogP contribution in [0.2, 0.25) is 0 Å². The van der Waals surface area contributed by atoms with Crippen molar-refractivity contribution in [1.29, 1.82) is 0 Å². The zero-order chi connectivity index (χ0) is 18.3. The fraction of sp³-hybridized carbons (Fsp3) is 0.706. The fourth-order valence-electron chi connectivity index (χ4n) is 2.73. The van der Waals surface area contributed by atoms with Crippen LogP contribution in [0.25, 0.3) is 0 Å². The number of likely N-dealkylation sites (tertiary alicyclic amines) is 1. The van der Waals surface area contributed by atoms with Crippen LogP contribution in [0.15, 0.2) is 18.5 Å². The molecule has 0 aliphatic carbocycles. The smallest absolute Gasteiger partial charge is 0.407 e. The van der Waals surface area contributed by atoms with Crippen LogP contribution in [0.3, 0.4) is 0 Å². The molecular formula is C17H29N5O3. The van der Waals surface area contributed by atoms with Gasteiger partial charge in [0.15, 0.2) is 0 Å². The third kappa shape index (κ3) is 7.03. The molecule has 0 aromatic carbocycles. The molecule has 1 saturated heterocycles. The summed E-state index contributed by atoms with van der Waals surface area (Å²) in [6.07, 6.45) is 5.74. The Morgan fingerprint density at radius 1 is 1.36 bits per heavy atom. The molecule has 8 nitrogen and oxygen atoms in total. The molecule has 0 spiro atoms. The topological polar surface area (TPSA) is 88.5 Å². The first-order valence-corrected chi connectivity index (χ1v) is 8.83. The Balaban J connectivity index is 1.68. The van der Waals surface area contributed by atoms with E-state index in [0.717, 1.165) is 25.8 Å². The molecule has 25 heavy (non-hydrogen) atoms. The highest BCUT2D eigenvalue weighted by atomic mass is 16.6. The second-order valence-electron chi connectivity index (χ2n) is 7.29. The predicted octanol–water partition coefficient (Wildman–Crippen LogP) is 1.97. The summed E-state index contributed by atoms with van der Waals surface area (Å²) in [4.78, 5) is 25.9. The number of rotatable bonds is 5. The van der Waals surface area contributed by atoms with E-state index in [1.807, 2.05) is 37.7 Å². The van der Waals surface area contributed by atoms with Crippen molar-refractivity contribution in [2.75, 3.05) is 19.6 Å². The minimum absolute atomic E-state index is 0.0709. The molecule has 1 aromatic heterocycles. The van der Waals surface area contributed by atoms with E-state index in [9.17, 15) is 9.59 Å². The zero-order valence-corrected chi connectivity index (χ0v) is 15.3. The highest BCUT2D eigenvalue weighted by Crippen LogP contribution is 2.12. The molecule has 2 rings (SSSR count). The van der Waals surface area contributed by atoms with Crippen molar-refractivity contribution in [1.82, 2.24) is 25.3 Å². The van der Waals surface area contributed by atoms with Crippen LogP contribution >= 0.6 is 0 Å². The minimum Gasteiger partial charge on any atom is -0.444 e. The Labute approximate surface area is 148 Å². The van der Waals surface area contributed by atoms with Crippen molar-refractivity contribution < 1.29 is 14.3 Å². The lowest BCUT2D eigenvalue weighted by Gasteiger charge is -2.33. The summed E-state index contributed by atoms with van der Waals surface area (Å²) >= 11 is 0. The molecule has 0 saturated carbocycles. The van der Waals surface area contributed by atoms with Crippen LogP contribution in [0.1, 0.15) is 40.0 Å². The number of ether oxygens (including phenoxy) is 1. The number of aryl methyl sites for hydroxylation is 1. The van der Waals surface area contributed by atoms with E-state index in [4.69, 9.17) is 4.74 Å². The van der Waals surface area contributed by atoms with Crippen LogP contribution < -0.4 is 10.6 Å². The van der Waals surface area contributed by atoms with Gasteiger partial charge in [0.1, 0.15) is 5.60 Å². The van der Waals surface area contributed by atoms with E-state index in [1.54, 1.807) is 11.1 Å². The van der Waals surface area contributed by atoms with Crippen LogP contribution in [0.5, 0.6) is 0 Å². The Kier molecular flexibility index (Phi) is 6.66. The number of piperidine rings is 1. The van der Waals surface area contributed by atoms with Crippen molar-refractivity contribution in [2.45, 2.75) is 58.2 Å². The first kappa shape index (κ1) is 19.1.